The van der Waals surface area contributed by atoms with Crippen LogP contribution in [-0.2, 0) is 6.54 Å². The van der Waals surface area contributed by atoms with Gasteiger partial charge in [0, 0.05) is 51.5 Å². The van der Waals surface area contributed by atoms with Crippen LogP contribution in [0, 0.1) is 5.92 Å². The van der Waals surface area contributed by atoms with E-state index in [2.05, 4.69) is 61.2 Å². The van der Waals surface area contributed by atoms with Gasteiger partial charge in [-0.15, -0.1) is 24.0 Å². The molecule has 8 heteroatoms. The summed E-state index contributed by atoms with van der Waals surface area (Å²) >= 11 is 0. The van der Waals surface area contributed by atoms with Crippen LogP contribution in [0.4, 0.5) is 0 Å². The second-order valence-corrected chi connectivity index (χ2v) is 7.27. The maximum Gasteiger partial charge on any atom is 0.193 e. The molecule has 2 unspecified atom stereocenters. The molecule has 0 saturated carbocycles. The average molecular weight is 505 g/mol. The Kier molecular flexibility index (Phi) is 7.29. The Hall–Kier alpha value is -2.36. The molecule has 2 aromatic heterocycles. The van der Waals surface area contributed by atoms with Crippen LogP contribution in [0.25, 0.3) is 5.69 Å². The van der Waals surface area contributed by atoms with Crippen molar-refractivity contribution in [2.75, 3.05) is 20.1 Å². The molecule has 1 saturated heterocycles. The minimum atomic E-state index is 0. The van der Waals surface area contributed by atoms with Gasteiger partial charge in [-0.25, -0.2) is 9.67 Å². The molecular formula is C21H28IN7. The molecule has 7 nitrogen and oxygen atoms in total. The molecule has 1 aliphatic heterocycles. The number of hydrogen-bond acceptors (Lipinski definition) is 3. The third kappa shape index (κ3) is 4.80. The number of benzene rings is 1. The molecule has 3 aromatic rings. The van der Waals surface area contributed by atoms with E-state index < -0.39 is 0 Å². The van der Waals surface area contributed by atoms with Gasteiger partial charge in [-0.2, -0.15) is 5.10 Å². The largest absolute Gasteiger partial charge is 0.352 e. The molecular weight excluding hydrogens is 477 g/mol. The van der Waals surface area contributed by atoms with Crippen molar-refractivity contribution in [3.63, 3.8) is 0 Å². The second-order valence-electron chi connectivity index (χ2n) is 7.27. The monoisotopic (exact) mass is 505 g/mol. The van der Waals surface area contributed by atoms with E-state index in [9.17, 15) is 0 Å². The lowest BCUT2D eigenvalue weighted by Gasteiger charge is -2.39. The fraction of sp³-hybridized carbons (Fsp3) is 0.381. The summed E-state index contributed by atoms with van der Waals surface area (Å²) in [5, 5.41) is 7.92. The number of aromatic nitrogens is 4. The highest BCUT2D eigenvalue weighted by molar-refractivity contribution is 14.0. The van der Waals surface area contributed by atoms with E-state index in [-0.39, 0.29) is 24.0 Å². The highest BCUT2D eigenvalue weighted by atomic mass is 127. The van der Waals surface area contributed by atoms with E-state index in [0.29, 0.717) is 18.5 Å². The Morgan fingerprint density at radius 1 is 1.21 bits per heavy atom. The molecule has 3 heterocycles. The van der Waals surface area contributed by atoms with Crippen LogP contribution in [0.1, 0.15) is 24.9 Å². The molecule has 0 amide bonds. The van der Waals surface area contributed by atoms with Gasteiger partial charge in [-0.1, -0.05) is 25.1 Å². The maximum atomic E-state index is 4.54. The smallest absolute Gasteiger partial charge is 0.193 e. The summed E-state index contributed by atoms with van der Waals surface area (Å²) in [5.74, 6) is 1.55. The fourth-order valence-corrected chi connectivity index (χ4v) is 3.90. The summed E-state index contributed by atoms with van der Waals surface area (Å²) < 4.78 is 4.12. The molecule has 1 N–H and O–H groups in total. The minimum absolute atomic E-state index is 0. The first-order valence-electron chi connectivity index (χ1n) is 9.77. The normalized spacial score (nSPS) is 19.7. The summed E-state index contributed by atoms with van der Waals surface area (Å²) in [4.78, 5) is 11.1. The number of nitrogens with zero attached hydrogens (tertiary/aromatic N) is 6. The van der Waals surface area contributed by atoms with Crippen LogP contribution in [0.3, 0.4) is 0 Å². The number of para-hydroxylation sites is 1. The maximum absolute atomic E-state index is 4.54. The van der Waals surface area contributed by atoms with Crippen molar-refractivity contribution in [1.29, 1.82) is 0 Å². The molecule has 1 fully saturated rings. The number of aliphatic imine (C=N–C) groups is 1. The molecule has 29 heavy (non-hydrogen) atoms. The van der Waals surface area contributed by atoms with Crippen molar-refractivity contribution in [2.24, 2.45) is 10.9 Å². The molecule has 0 radical (unpaired) electrons. The van der Waals surface area contributed by atoms with Gasteiger partial charge in [-0.05, 0) is 30.0 Å². The number of guanidine groups is 1. The molecule has 154 valence electrons. The van der Waals surface area contributed by atoms with E-state index >= 15 is 0 Å². The number of rotatable bonds is 4. The molecule has 1 aromatic carbocycles. The van der Waals surface area contributed by atoms with Crippen molar-refractivity contribution in [1.82, 2.24) is 29.5 Å². The van der Waals surface area contributed by atoms with Crippen LogP contribution in [-0.4, -0.2) is 50.3 Å². The topological polar surface area (TPSA) is 63.3 Å². The lowest BCUT2D eigenvalue weighted by atomic mass is 9.93. The summed E-state index contributed by atoms with van der Waals surface area (Å²) in [6, 6.07) is 10.7. The van der Waals surface area contributed by atoms with E-state index in [4.69, 9.17) is 0 Å². The molecule has 0 bridgehead atoms. The highest BCUT2D eigenvalue weighted by Crippen LogP contribution is 2.27. The van der Waals surface area contributed by atoms with Crippen LogP contribution in [0.15, 0.2) is 66.4 Å². The fourth-order valence-electron chi connectivity index (χ4n) is 3.90. The van der Waals surface area contributed by atoms with Crippen LogP contribution >= 0.6 is 24.0 Å². The van der Waals surface area contributed by atoms with Crippen LogP contribution < -0.4 is 5.32 Å². The van der Waals surface area contributed by atoms with Crippen molar-refractivity contribution in [2.45, 2.75) is 25.9 Å². The van der Waals surface area contributed by atoms with E-state index in [1.54, 1.807) is 6.20 Å². The zero-order valence-corrected chi connectivity index (χ0v) is 19.2. The van der Waals surface area contributed by atoms with Crippen LogP contribution in [0.2, 0.25) is 0 Å². The number of likely N-dealkylation sites (tertiary alicyclic amines) is 1. The Balaban J connectivity index is 0.00000240. The van der Waals surface area contributed by atoms with Gasteiger partial charge in [-0.3, -0.25) is 4.99 Å². The quantitative estimate of drug-likeness (QED) is 0.336. The molecule has 0 spiro atoms. The van der Waals surface area contributed by atoms with Crippen molar-refractivity contribution >= 4 is 29.9 Å². The van der Waals surface area contributed by atoms with Crippen molar-refractivity contribution in [3.05, 3.63) is 67.0 Å². The van der Waals surface area contributed by atoms with E-state index in [1.807, 2.05) is 42.6 Å². The first kappa shape index (κ1) is 21.4. The summed E-state index contributed by atoms with van der Waals surface area (Å²) in [6.07, 6.45) is 10.7. The van der Waals surface area contributed by atoms with Crippen molar-refractivity contribution < 1.29 is 0 Å². The zero-order valence-electron chi connectivity index (χ0n) is 16.8. The predicted octanol–water partition coefficient (Wildman–Crippen LogP) is 3.35. The Morgan fingerprint density at radius 3 is 2.79 bits per heavy atom. The number of piperidine rings is 1. The van der Waals surface area contributed by atoms with Gasteiger partial charge in [0.2, 0.25) is 0 Å². The molecule has 4 rings (SSSR count). The first-order chi connectivity index (χ1) is 13.8. The van der Waals surface area contributed by atoms with Gasteiger partial charge in [0.25, 0.3) is 0 Å². The standard InChI is InChI=1S/C21H27N7.HI/c1-17-8-12-26(15-20(17)27-13-10-23-16-27)21(22-2)24-14-18-6-3-4-7-19(18)28-11-5-9-25-28;/h3-7,9-11,13,16-17,20H,8,12,14-15H2,1-2H3,(H,22,24);1H. The Morgan fingerprint density at radius 2 is 2.07 bits per heavy atom. The summed E-state index contributed by atoms with van der Waals surface area (Å²) in [7, 11) is 1.85. The second kappa shape index (κ2) is 9.91. The van der Waals surface area contributed by atoms with Gasteiger partial charge in [0.15, 0.2) is 5.96 Å². The van der Waals surface area contributed by atoms with E-state index in [1.165, 1.54) is 5.56 Å². The lowest BCUT2D eigenvalue weighted by molar-refractivity contribution is 0.189. The first-order valence-corrected chi connectivity index (χ1v) is 9.77. The van der Waals surface area contributed by atoms with Gasteiger partial charge in [0.05, 0.1) is 18.1 Å². The highest BCUT2D eigenvalue weighted by Gasteiger charge is 2.28. The zero-order chi connectivity index (χ0) is 19.3. The lowest BCUT2D eigenvalue weighted by Crippen LogP contribution is -2.48. The summed E-state index contributed by atoms with van der Waals surface area (Å²) in [6.45, 7) is 4.95. The van der Waals surface area contributed by atoms with Crippen LogP contribution in [0.5, 0.6) is 0 Å². The Bertz CT molecular complexity index is 905. The number of imidazole rings is 1. The predicted molar refractivity (Wildman–Crippen MR) is 126 cm³/mol. The number of hydrogen-bond donors (Lipinski definition) is 1. The minimum Gasteiger partial charge on any atom is -0.352 e. The van der Waals surface area contributed by atoms with Gasteiger partial charge in [0.1, 0.15) is 0 Å². The summed E-state index contributed by atoms with van der Waals surface area (Å²) in [5.41, 5.74) is 2.27. The molecule has 2 atom stereocenters. The van der Waals surface area contributed by atoms with Gasteiger partial charge < -0.3 is 14.8 Å². The molecule has 0 aliphatic carbocycles. The average Bonchev–Trinajstić information content (AvgIpc) is 3.44. The van der Waals surface area contributed by atoms with Crippen molar-refractivity contribution in [3.8, 4) is 5.69 Å². The number of halogens is 1. The third-order valence-corrected chi connectivity index (χ3v) is 5.52. The third-order valence-electron chi connectivity index (χ3n) is 5.52. The SMILES string of the molecule is CN=C(NCc1ccccc1-n1cccn1)N1CCC(C)C(n2ccnc2)C1.I. The Labute approximate surface area is 188 Å². The van der Waals surface area contributed by atoms with E-state index in [0.717, 1.165) is 31.2 Å². The molecule has 1 aliphatic rings. The number of nitrogens with one attached hydrogen (secondary N) is 1. The van der Waals surface area contributed by atoms with Gasteiger partial charge >= 0.3 is 0 Å².